The Kier molecular flexibility index (Phi) is 5.81. The Morgan fingerprint density at radius 3 is 2.74 bits per heavy atom. The van der Waals surface area contributed by atoms with Gasteiger partial charge in [-0.05, 0) is 38.3 Å². The number of aryl methyl sites for hydroxylation is 2. The molecule has 1 saturated carbocycles. The zero-order valence-corrected chi connectivity index (χ0v) is 19.5. The summed E-state index contributed by atoms with van der Waals surface area (Å²) in [6, 6.07) is 9.50. The van der Waals surface area contributed by atoms with Gasteiger partial charge in [0.25, 0.3) is 6.43 Å². The molecule has 0 atom stereocenters. The van der Waals surface area contributed by atoms with Crippen LogP contribution in [-0.4, -0.2) is 30.5 Å². The number of nitrogens with zero attached hydrogens (tertiary/aromatic N) is 5. The molecule has 176 valence electrons. The van der Waals surface area contributed by atoms with Crippen LogP contribution in [0.4, 0.5) is 14.6 Å². The summed E-state index contributed by atoms with van der Waals surface area (Å²) in [7, 11) is 0. The van der Waals surface area contributed by atoms with Crippen LogP contribution in [0.2, 0.25) is 5.02 Å². The molecule has 1 aliphatic carbocycles. The van der Waals surface area contributed by atoms with Gasteiger partial charge in [-0.3, -0.25) is 9.48 Å². The summed E-state index contributed by atoms with van der Waals surface area (Å²) >= 11 is 6.29. The molecule has 1 N–H and O–H groups in total. The van der Waals surface area contributed by atoms with Gasteiger partial charge >= 0.3 is 0 Å². The van der Waals surface area contributed by atoms with Crippen LogP contribution in [0, 0.1) is 13.8 Å². The van der Waals surface area contributed by atoms with Gasteiger partial charge in [-0.25, -0.2) is 18.4 Å². The summed E-state index contributed by atoms with van der Waals surface area (Å²) in [6.45, 7) is 3.96. The summed E-state index contributed by atoms with van der Waals surface area (Å²) < 4.78 is 30.5. The number of anilines is 1. The van der Waals surface area contributed by atoms with Crippen molar-refractivity contribution in [3.8, 4) is 0 Å². The number of carbonyl (C=O) groups excluding carboxylic acids is 1. The SMILES string of the molecule is Cc1cccc(Cn2cc(Cl)c(NC(=O)Cn3nc(C)c4c(C(F)F)cc(C5CC5)nc43)n2)c1. The number of aromatic nitrogens is 5. The number of alkyl halides is 2. The van der Waals surface area contributed by atoms with Gasteiger partial charge < -0.3 is 5.32 Å². The van der Waals surface area contributed by atoms with E-state index in [0.717, 1.165) is 24.0 Å². The van der Waals surface area contributed by atoms with Crippen LogP contribution in [0.25, 0.3) is 11.0 Å². The van der Waals surface area contributed by atoms with Crippen molar-refractivity contribution in [1.29, 1.82) is 0 Å². The van der Waals surface area contributed by atoms with Gasteiger partial charge in [-0.15, -0.1) is 0 Å². The predicted octanol–water partition coefficient (Wildman–Crippen LogP) is 5.40. The maximum atomic E-state index is 13.8. The van der Waals surface area contributed by atoms with E-state index in [-0.39, 0.29) is 23.8 Å². The van der Waals surface area contributed by atoms with Crippen molar-refractivity contribution in [2.75, 3.05) is 5.32 Å². The number of carbonyl (C=O) groups is 1. The Morgan fingerprint density at radius 2 is 2.03 bits per heavy atom. The van der Waals surface area contributed by atoms with Gasteiger partial charge in [0.2, 0.25) is 5.91 Å². The van der Waals surface area contributed by atoms with Gasteiger partial charge in [-0.1, -0.05) is 41.4 Å². The van der Waals surface area contributed by atoms with Gasteiger partial charge in [0.05, 0.1) is 17.6 Å². The number of rotatable bonds is 7. The van der Waals surface area contributed by atoms with Crippen LogP contribution in [0.15, 0.2) is 36.5 Å². The Morgan fingerprint density at radius 1 is 1.24 bits per heavy atom. The minimum atomic E-state index is -2.65. The highest BCUT2D eigenvalue weighted by atomic mass is 35.5. The minimum Gasteiger partial charge on any atom is -0.306 e. The molecule has 5 rings (SSSR count). The standard InChI is InChI=1S/C24H23ClF2N6O/c1-13-4-3-5-15(8-13)10-32-11-18(25)23(31-32)29-20(34)12-33-24-21(14(2)30-33)17(22(26)27)9-19(28-24)16-6-7-16/h3-5,8-9,11,16,22H,6-7,10,12H2,1-2H3,(H,29,31,34). The lowest BCUT2D eigenvalue weighted by Crippen LogP contribution is -2.20. The number of amides is 1. The number of fused-ring (bicyclic) bond motifs is 1. The van der Waals surface area contributed by atoms with E-state index < -0.39 is 12.3 Å². The molecule has 10 heteroatoms. The highest BCUT2D eigenvalue weighted by molar-refractivity contribution is 6.33. The molecule has 7 nitrogen and oxygen atoms in total. The van der Waals surface area contributed by atoms with Crippen LogP contribution in [0.1, 0.15) is 53.3 Å². The van der Waals surface area contributed by atoms with Crippen molar-refractivity contribution in [3.05, 3.63) is 69.6 Å². The van der Waals surface area contributed by atoms with Gasteiger partial charge in [0, 0.05) is 23.4 Å². The van der Waals surface area contributed by atoms with Crippen LogP contribution in [-0.2, 0) is 17.9 Å². The average molecular weight is 485 g/mol. The van der Waals surface area contributed by atoms with E-state index in [1.54, 1.807) is 17.8 Å². The molecule has 1 aliphatic rings. The normalized spacial score (nSPS) is 13.7. The third kappa shape index (κ3) is 4.52. The molecule has 1 aromatic carbocycles. The van der Waals surface area contributed by atoms with Crippen LogP contribution < -0.4 is 5.32 Å². The second-order valence-corrected chi connectivity index (χ2v) is 9.12. The number of benzene rings is 1. The lowest BCUT2D eigenvalue weighted by atomic mass is 10.1. The topological polar surface area (TPSA) is 77.6 Å². The molecule has 0 spiro atoms. The van der Waals surface area contributed by atoms with Crippen molar-refractivity contribution in [2.24, 2.45) is 0 Å². The molecular formula is C24H23ClF2N6O. The van der Waals surface area contributed by atoms with E-state index in [1.807, 2.05) is 25.1 Å². The highest BCUT2D eigenvalue weighted by Crippen LogP contribution is 2.41. The van der Waals surface area contributed by atoms with Crippen LogP contribution in [0.5, 0.6) is 0 Å². The Labute approximate surface area is 199 Å². The zero-order valence-electron chi connectivity index (χ0n) is 18.7. The molecule has 4 aromatic rings. The van der Waals surface area contributed by atoms with E-state index >= 15 is 0 Å². The second kappa shape index (κ2) is 8.79. The third-order valence-corrected chi connectivity index (χ3v) is 6.13. The zero-order chi connectivity index (χ0) is 24.0. The first-order chi connectivity index (χ1) is 16.3. The summed E-state index contributed by atoms with van der Waals surface area (Å²) in [5.74, 6) is -0.00714. The fraction of sp³-hybridized carbons (Fsp3) is 0.333. The minimum absolute atomic E-state index is 0.0889. The maximum absolute atomic E-state index is 13.8. The summed E-state index contributed by atoms with van der Waals surface area (Å²) in [4.78, 5) is 17.4. The fourth-order valence-corrected chi connectivity index (χ4v) is 4.34. The molecule has 0 bridgehead atoms. The number of halogens is 3. The monoisotopic (exact) mass is 484 g/mol. The number of hydrogen-bond donors (Lipinski definition) is 1. The number of hydrogen-bond acceptors (Lipinski definition) is 4. The Bertz CT molecular complexity index is 1390. The molecule has 34 heavy (non-hydrogen) atoms. The van der Waals surface area contributed by atoms with Crippen molar-refractivity contribution in [2.45, 2.75) is 52.1 Å². The molecule has 0 saturated heterocycles. The Balaban J connectivity index is 1.37. The lowest BCUT2D eigenvalue weighted by molar-refractivity contribution is -0.116. The van der Waals surface area contributed by atoms with Crippen molar-refractivity contribution >= 4 is 34.4 Å². The van der Waals surface area contributed by atoms with E-state index in [1.165, 1.54) is 10.7 Å². The summed E-state index contributed by atoms with van der Waals surface area (Å²) in [5, 5.41) is 12.0. The average Bonchev–Trinajstić information content (AvgIpc) is 3.51. The molecule has 0 unspecified atom stereocenters. The lowest BCUT2D eigenvalue weighted by Gasteiger charge is -2.08. The van der Waals surface area contributed by atoms with E-state index in [0.29, 0.717) is 34.0 Å². The number of pyridine rings is 1. The Hall–Kier alpha value is -3.33. The smallest absolute Gasteiger partial charge is 0.264 e. The number of nitrogens with one attached hydrogen (secondary N) is 1. The second-order valence-electron chi connectivity index (χ2n) is 8.71. The quantitative estimate of drug-likeness (QED) is 0.381. The first-order valence-electron chi connectivity index (χ1n) is 11.0. The third-order valence-electron chi connectivity index (χ3n) is 5.85. The first-order valence-corrected chi connectivity index (χ1v) is 11.4. The maximum Gasteiger partial charge on any atom is 0.264 e. The van der Waals surface area contributed by atoms with Gasteiger partial charge in [0.15, 0.2) is 11.5 Å². The van der Waals surface area contributed by atoms with E-state index in [4.69, 9.17) is 11.6 Å². The molecular weight excluding hydrogens is 462 g/mol. The first kappa shape index (κ1) is 22.5. The van der Waals surface area contributed by atoms with Crippen LogP contribution in [0.3, 0.4) is 0 Å². The van der Waals surface area contributed by atoms with Gasteiger partial charge in [0.1, 0.15) is 11.6 Å². The molecule has 3 heterocycles. The molecule has 1 amide bonds. The van der Waals surface area contributed by atoms with Crippen molar-refractivity contribution in [1.82, 2.24) is 24.5 Å². The molecule has 3 aromatic heterocycles. The largest absolute Gasteiger partial charge is 0.306 e. The van der Waals surface area contributed by atoms with E-state index in [2.05, 4.69) is 26.6 Å². The molecule has 0 aliphatic heterocycles. The highest BCUT2D eigenvalue weighted by Gasteiger charge is 2.29. The van der Waals surface area contributed by atoms with Gasteiger partial charge in [-0.2, -0.15) is 10.2 Å². The predicted molar refractivity (Wildman–Crippen MR) is 125 cm³/mol. The van der Waals surface area contributed by atoms with Crippen LogP contribution >= 0.6 is 11.6 Å². The summed E-state index contributed by atoms with van der Waals surface area (Å²) in [5.41, 5.74) is 3.44. The van der Waals surface area contributed by atoms with E-state index in [9.17, 15) is 13.6 Å². The summed E-state index contributed by atoms with van der Waals surface area (Å²) in [6.07, 6.45) is 0.854. The molecule has 0 radical (unpaired) electrons. The molecule has 1 fully saturated rings. The van der Waals surface area contributed by atoms with Crippen molar-refractivity contribution < 1.29 is 13.6 Å². The fourth-order valence-electron chi connectivity index (χ4n) is 4.15. The van der Waals surface area contributed by atoms with Crippen molar-refractivity contribution in [3.63, 3.8) is 0 Å².